The molecule has 0 aliphatic carbocycles. The molecule has 3 aromatic carbocycles. The maximum atomic E-state index is 12.4. The van der Waals surface area contributed by atoms with Crippen molar-refractivity contribution in [1.29, 1.82) is 0 Å². The Morgan fingerprint density at radius 1 is 0.897 bits per heavy atom. The van der Waals surface area contributed by atoms with Gasteiger partial charge >= 0.3 is 0 Å². The molecule has 0 spiro atoms. The van der Waals surface area contributed by atoms with Crippen LogP contribution in [0.5, 0.6) is 0 Å². The minimum absolute atomic E-state index is 0.146. The van der Waals surface area contributed by atoms with Crippen molar-refractivity contribution in [3.05, 3.63) is 107 Å². The zero-order chi connectivity index (χ0) is 20.1. The van der Waals surface area contributed by atoms with Crippen molar-refractivity contribution in [2.75, 3.05) is 5.32 Å². The number of nitrogens with zero attached hydrogens (tertiary/aromatic N) is 2. The Balaban J connectivity index is 1.62. The van der Waals surface area contributed by atoms with Gasteiger partial charge in [0.2, 0.25) is 0 Å². The molecule has 0 radical (unpaired) electrons. The van der Waals surface area contributed by atoms with E-state index in [2.05, 4.69) is 27.4 Å². The second-order valence-electron chi connectivity index (χ2n) is 6.67. The summed E-state index contributed by atoms with van der Waals surface area (Å²) in [6.45, 7) is 0.976. The van der Waals surface area contributed by atoms with Gasteiger partial charge in [-0.1, -0.05) is 60.7 Å². The van der Waals surface area contributed by atoms with Gasteiger partial charge in [0.1, 0.15) is 5.82 Å². The van der Waals surface area contributed by atoms with Crippen molar-refractivity contribution < 1.29 is 0 Å². The normalized spacial score (nSPS) is 10.6. The Kier molecular flexibility index (Phi) is 5.63. The highest BCUT2D eigenvalue weighted by Gasteiger charge is 2.14. The van der Waals surface area contributed by atoms with Crippen molar-refractivity contribution in [3.63, 3.8) is 0 Å². The third kappa shape index (κ3) is 4.67. The van der Waals surface area contributed by atoms with Crippen molar-refractivity contribution in [2.45, 2.75) is 13.1 Å². The van der Waals surface area contributed by atoms with Gasteiger partial charge in [-0.05, 0) is 42.0 Å². The van der Waals surface area contributed by atoms with Crippen molar-refractivity contribution in [2.24, 2.45) is 0 Å². The summed E-state index contributed by atoms with van der Waals surface area (Å²) in [5.41, 5.74) is 2.56. The van der Waals surface area contributed by atoms with Gasteiger partial charge in [-0.15, -0.1) is 0 Å². The molecule has 1 aromatic heterocycles. The summed E-state index contributed by atoms with van der Waals surface area (Å²) in [6.07, 6.45) is 0. The van der Waals surface area contributed by atoms with E-state index in [0.29, 0.717) is 34.9 Å². The molecule has 4 rings (SSSR count). The quantitative estimate of drug-likeness (QED) is 0.489. The number of para-hydroxylation sites is 2. The number of aromatic nitrogens is 2. The first-order valence-corrected chi connectivity index (χ1v) is 9.73. The fraction of sp³-hybridized carbons (Fsp3) is 0.0870. The average molecular weight is 401 g/mol. The average Bonchev–Trinajstić information content (AvgIpc) is 2.75. The summed E-state index contributed by atoms with van der Waals surface area (Å²) in [4.78, 5) is 21.9. The first kappa shape index (κ1) is 18.8. The Hall–Kier alpha value is -3.51. The standard InChI is InChI=1S/C23H20N4OS/c28-22-19-13-7-8-14-20(19)25-21(26-22)16-27(15-17-9-3-1-4-10-17)23(29)24-18-11-5-2-6-12-18/h1-14H,15-16H2,(H,24,29)(H,25,26,28). The van der Waals surface area contributed by atoms with Crippen LogP contribution in [0.3, 0.4) is 0 Å². The molecule has 0 saturated carbocycles. The SMILES string of the molecule is O=c1[nH]c(CN(Cc2ccccc2)C(=S)Nc2ccccc2)nc2ccccc12. The molecule has 144 valence electrons. The largest absolute Gasteiger partial charge is 0.337 e. The van der Waals surface area contributed by atoms with Crippen LogP contribution >= 0.6 is 12.2 Å². The summed E-state index contributed by atoms with van der Waals surface area (Å²) in [5, 5.41) is 4.42. The third-order valence-corrected chi connectivity index (χ3v) is 4.89. The van der Waals surface area contributed by atoms with E-state index in [0.717, 1.165) is 11.3 Å². The zero-order valence-electron chi connectivity index (χ0n) is 15.7. The number of benzene rings is 3. The summed E-state index contributed by atoms with van der Waals surface area (Å²) in [5.74, 6) is 0.571. The second-order valence-corrected chi connectivity index (χ2v) is 7.05. The fourth-order valence-corrected chi connectivity index (χ4v) is 3.36. The minimum Gasteiger partial charge on any atom is -0.337 e. The third-order valence-electron chi connectivity index (χ3n) is 4.53. The number of aromatic amines is 1. The second kappa shape index (κ2) is 8.67. The van der Waals surface area contributed by atoms with Gasteiger partial charge in [-0.3, -0.25) is 4.79 Å². The molecular weight excluding hydrogens is 380 g/mol. The molecule has 0 unspecified atom stereocenters. The lowest BCUT2D eigenvalue weighted by Crippen LogP contribution is -2.35. The van der Waals surface area contributed by atoms with Crippen LogP contribution in [0.2, 0.25) is 0 Å². The molecule has 0 aliphatic heterocycles. The highest BCUT2D eigenvalue weighted by Crippen LogP contribution is 2.13. The molecule has 4 aromatic rings. The van der Waals surface area contributed by atoms with Crippen LogP contribution in [0.4, 0.5) is 5.69 Å². The zero-order valence-corrected chi connectivity index (χ0v) is 16.5. The van der Waals surface area contributed by atoms with E-state index >= 15 is 0 Å². The van der Waals surface area contributed by atoms with E-state index in [4.69, 9.17) is 12.2 Å². The topological polar surface area (TPSA) is 61.0 Å². The molecule has 29 heavy (non-hydrogen) atoms. The highest BCUT2D eigenvalue weighted by molar-refractivity contribution is 7.80. The van der Waals surface area contributed by atoms with Crippen LogP contribution in [0.1, 0.15) is 11.4 Å². The van der Waals surface area contributed by atoms with Crippen LogP contribution in [0, 0.1) is 0 Å². The Bertz CT molecular complexity index is 1180. The van der Waals surface area contributed by atoms with Crippen LogP contribution in [0.25, 0.3) is 10.9 Å². The van der Waals surface area contributed by atoms with Gasteiger partial charge in [0.25, 0.3) is 5.56 Å². The highest BCUT2D eigenvalue weighted by atomic mass is 32.1. The van der Waals surface area contributed by atoms with Crippen LogP contribution in [-0.4, -0.2) is 20.0 Å². The van der Waals surface area contributed by atoms with Gasteiger partial charge in [-0.25, -0.2) is 4.98 Å². The van der Waals surface area contributed by atoms with E-state index in [9.17, 15) is 4.79 Å². The number of hydrogen-bond donors (Lipinski definition) is 2. The van der Waals surface area contributed by atoms with E-state index in [1.807, 2.05) is 71.6 Å². The minimum atomic E-state index is -0.146. The number of hydrogen-bond acceptors (Lipinski definition) is 3. The lowest BCUT2D eigenvalue weighted by atomic mass is 10.2. The number of rotatable bonds is 5. The molecule has 6 heteroatoms. The molecular formula is C23H20N4OS. The lowest BCUT2D eigenvalue weighted by Gasteiger charge is -2.25. The van der Waals surface area contributed by atoms with Crippen molar-refractivity contribution >= 4 is 33.9 Å². The number of anilines is 1. The van der Waals surface area contributed by atoms with Crippen LogP contribution in [0.15, 0.2) is 89.7 Å². The molecule has 0 bridgehead atoms. The molecule has 1 heterocycles. The molecule has 0 fully saturated rings. The fourth-order valence-electron chi connectivity index (χ4n) is 3.12. The maximum Gasteiger partial charge on any atom is 0.258 e. The summed E-state index contributed by atoms with van der Waals surface area (Å²) < 4.78 is 0. The monoisotopic (exact) mass is 400 g/mol. The number of fused-ring (bicyclic) bond motifs is 1. The van der Waals surface area contributed by atoms with E-state index in [1.165, 1.54) is 0 Å². The van der Waals surface area contributed by atoms with Gasteiger partial charge in [-0.2, -0.15) is 0 Å². The van der Waals surface area contributed by atoms with Crippen LogP contribution in [-0.2, 0) is 13.1 Å². The molecule has 0 aliphatic rings. The summed E-state index contributed by atoms with van der Waals surface area (Å²) >= 11 is 5.68. The molecule has 2 N–H and O–H groups in total. The van der Waals surface area contributed by atoms with Gasteiger partial charge in [0.15, 0.2) is 5.11 Å². The Labute approximate surface area is 174 Å². The Morgan fingerprint density at radius 2 is 1.55 bits per heavy atom. The number of nitrogens with one attached hydrogen (secondary N) is 2. The molecule has 0 saturated heterocycles. The smallest absolute Gasteiger partial charge is 0.258 e. The van der Waals surface area contributed by atoms with Gasteiger partial charge < -0.3 is 15.2 Å². The molecule has 0 atom stereocenters. The maximum absolute atomic E-state index is 12.4. The van der Waals surface area contributed by atoms with E-state index < -0.39 is 0 Å². The van der Waals surface area contributed by atoms with E-state index in [-0.39, 0.29) is 5.56 Å². The number of H-pyrrole nitrogens is 1. The van der Waals surface area contributed by atoms with Crippen molar-refractivity contribution in [1.82, 2.24) is 14.9 Å². The Morgan fingerprint density at radius 3 is 2.31 bits per heavy atom. The van der Waals surface area contributed by atoms with Crippen LogP contribution < -0.4 is 10.9 Å². The van der Waals surface area contributed by atoms with E-state index in [1.54, 1.807) is 6.07 Å². The predicted octanol–water partition coefficient (Wildman–Crippen LogP) is 4.32. The first-order valence-electron chi connectivity index (χ1n) is 9.32. The first-order chi connectivity index (χ1) is 14.2. The van der Waals surface area contributed by atoms with Gasteiger partial charge in [0, 0.05) is 12.2 Å². The van der Waals surface area contributed by atoms with Gasteiger partial charge in [0.05, 0.1) is 17.4 Å². The molecule has 0 amide bonds. The molecule has 5 nitrogen and oxygen atoms in total. The van der Waals surface area contributed by atoms with Crippen molar-refractivity contribution in [3.8, 4) is 0 Å². The summed E-state index contributed by atoms with van der Waals surface area (Å²) in [6, 6.07) is 27.2. The predicted molar refractivity (Wildman–Crippen MR) is 121 cm³/mol. The summed E-state index contributed by atoms with van der Waals surface area (Å²) in [7, 11) is 0. The number of thiocarbonyl (C=S) groups is 1. The lowest BCUT2D eigenvalue weighted by molar-refractivity contribution is 0.401.